The van der Waals surface area contributed by atoms with Crippen molar-refractivity contribution in [3.8, 4) is 0 Å². The third-order valence-corrected chi connectivity index (χ3v) is 2.36. The Balaban J connectivity index is 2.88. The van der Waals surface area contributed by atoms with Crippen molar-refractivity contribution in [3.05, 3.63) is 32.7 Å². The number of hydrogen-bond donors (Lipinski definition) is 0. The molecule has 0 aromatic carbocycles. The van der Waals surface area contributed by atoms with Crippen LogP contribution in [0.2, 0.25) is 0 Å². The van der Waals surface area contributed by atoms with Crippen molar-refractivity contribution >= 4 is 12.2 Å². The normalized spacial score (nSPS) is 20.0. The van der Waals surface area contributed by atoms with Crippen LogP contribution in [0.25, 0.3) is 12.2 Å². The highest BCUT2D eigenvalue weighted by atomic mass is 16.4. The summed E-state index contributed by atoms with van der Waals surface area (Å²) in [4.78, 5) is 11.1. The number of hydrogen-bond acceptors (Lipinski definition) is 2. The van der Waals surface area contributed by atoms with Gasteiger partial charge in [-0.15, -0.1) is 0 Å². The van der Waals surface area contributed by atoms with E-state index in [9.17, 15) is 4.79 Å². The van der Waals surface area contributed by atoms with Crippen molar-refractivity contribution in [1.82, 2.24) is 0 Å². The quantitative estimate of drug-likeness (QED) is 0.578. The first-order valence-corrected chi connectivity index (χ1v) is 4.49. The topological polar surface area (TPSA) is 30.2 Å². The molecule has 1 heterocycles. The Bertz CT molecular complexity index is 494. The zero-order valence-corrected chi connectivity index (χ0v) is 7.83. The monoisotopic (exact) mass is 176 g/mol. The van der Waals surface area contributed by atoms with Gasteiger partial charge in [0.25, 0.3) is 0 Å². The van der Waals surface area contributed by atoms with Crippen molar-refractivity contribution in [2.45, 2.75) is 20.3 Å². The lowest BCUT2D eigenvalue weighted by Gasteiger charge is -2.06. The fraction of sp³-hybridized carbons (Fsp3) is 0.364. The van der Waals surface area contributed by atoms with Gasteiger partial charge in [-0.05, 0) is 30.9 Å². The largest absolute Gasteiger partial charge is 0.423 e. The second-order valence-corrected chi connectivity index (χ2v) is 3.61. The van der Waals surface area contributed by atoms with Gasteiger partial charge in [0.1, 0.15) is 5.42 Å². The minimum Gasteiger partial charge on any atom is -0.423 e. The Morgan fingerprint density at radius 3 is 3.08 bits per heavy atom. The Kier molecular flexibility index (Phi) is 1.83. The van der Waals surface area contributed by atoms with Crippen LogP contribution in [0.5, 0.6) is 0 Å². The lowest BCUT2D eigenvalue weighted by molar-refractivity contribution is 0.465. The van der Waals surface area contributed by atoms with Crippen LogP contribution in [0.3, 0.4) is 0 Å². The van der Waals surface area contributed by atoms with Crippen LogP contribution in [-0.4, -0.2) is 0 Å². The van der Waals surface area contributed by atoms with Gasteiger partial charge < -0.3 is 4.42 Å². The summed E-state index contributed by atoms with van der Waals surface area (Å²) in [6.07, 6.45) is 5.18. The van der Waals surface area contributed by atoms with Gasteiger partial charge >= 0.3 is 5.63 Å². The maximum atomic E-state index is 11.1. The van der Waals surface area contributed by atoms with E-state index in [1.807, 2.05) is 13.0 Å². The summed E-state index contributed by atoms with van der Waals surface area (Å²) in [7, 11) is 0. The molecule has 0 saturated carbocycles. The number of rotatable bonds is 0. The molecule has 2 nitrogen and oxygen atoms in total. The molecule has 2 heteroatoms. The van der Waals surface area contributed by atoms with Crippen LogP contribution in [0, 0.1) is 12.8 Å². The zero-order chi connectivity index (χ0) is 9.42. The van der Waals surface area contributed by atoms with Gasteiger partial charge in [0.15, 0.2) is 0 Å². The minimum absolute atomic E-state index is 0.255. The van der Waals surface area contributed by atoms with E-state index in [0.717, 1.165) is 22.6 Å². The molecule has 1 aromatic heterocycles. The van der Waals surface area contributed by atoms with Crippen LogP contribution >= 0.6 is 0 Å². The molecule has 0 bridgehead atoms. The highest BCUT2D eigenvalue weighted by molar-refractivity contribution is 5.39. The number of aryl methyl sites for hydroxylation is 1. The van der Waals surface area contributed by atoms with E-state index in [0.29, 0.717) is 5.92 Å². The minimum atomic E-state index is -0.255. The van der Waals surface area contributed by atoms with Gasteiger partial charge in [-0.1, -0.05) is 13.0 Å². The third kappa shape index (κ3) is 1.44. The Morgan fingerprint density at radius 2 is 2.31 bits per heavy atom. The van der Waals surface area contributed by atoms with Gasteiger partial charge in [-0.25, -0.2) is 4.79 Å². The van der Waals surface area contributed by atoms with E-state index in [4.69, 9.17) is 4.42 Å². The number of fused-ring (bicyclic) bond motifs is 1. The molecule has 1 aromatic rings. The molecule has 1 aliphatic carbocycles. The summed E-state index contributed by atoms with van der Waals surface area (Å²) in [5, 5.41) is 1.08. The van der Waals surface area contributed by atoms with Crippen molar-refractivity contribution in [3.63, 3.8) is 0 Å². The summed E-state index contributed by atoms with van der Waals surface area (Å²) >= 11 is 0. The molecule has 13 heavy (non-hydrogen) atoms. The Labute approximate surface area is 76.2 Å². The lowest BCUT2D eigenvalue weighted by Crippen LogP contribution is -2.34. The second-order valence-electron chi connectivity index (χ2n) is 3.61. The molecule has 1 aliphatic rings. The first kappa shape index (κ1) is 8.30. The predicted molar refractivity (Wildman–Crippen MR) is 51.7 cm³/mol. The Morgan fingerprint density at radius 1 is 1.54 bits per heavy atom. The van der Waals surface area contributed by atoms with Crippen LogP contribution in [0.15, 0.2) is 15.3 Å². The van der Waals surface area contributed by atoms with E-state index in [2.05, 4.69) is 13.0 Å². The molecule has 0 amide bonds. The maximum absolute atomic E-state index is 11.1. The fourth-order valence-electron chi connectivity index (χ4n) is 1.66. The highest BCUT2D eigenvalue weighted by Crippen LogP contribution is 2.05. The molecular formula is C11H12O2. The maximum Gasteiger partial charge on any atom is 0.336 e. The molecule has 0 fully saturated rings. The van der Waals surface area contributed by atoms with E-state index >= 15 is 0 Å². The average Bonchev–Trinajstić information content (AvgIpc) is 2.02. The molecule has 0 spiro atoms. The van der Waals surface area contributed by atoms with Crippen molar-refractivity contribution in [1.29, 1.82) is 0 Å². The molecule has 2 rings (SSSR count). The SMILES string of the molecule is Cc1cc(=O)oc2c1=CCC(C)C=2. The van der Waals surface area contributed by atoms with Crippen LogP contribution in [-0.2, 0) is 0 Å². The van der Waals surface area contributed by atoms with Crippen molar-refractivity contribution in [2.75, 3.05) is 0 Å². The standard InChI is InChI=1S/C11H12O2/c1-7-3-4-9-8(2)6-11(12)13-10(9)5-7/h4-7H,3H2,1-2H3. The summed E-state index contributed by atoms with van der Waals surface area (Å²) < 4.78 is 5.11. The Hall–Kier alpha value is -1.31. The molecule has 0 aliphatic heterocycles. The molecule has 1 atom stereocenters. The molecule has 68 valence electrons. The third-order valence-electron chi connectivity index (χ3n) is 2.36. The highest BCUT2D eigenvalue weighted by Gasteiger charge is 2.05. The van der Waals surface area contributed by atoms with Crippen LogP contribution < -0.4 is 16.3 Å². The van der Waals surface area contributed by atoms with Gasteiger partial charge in [-0.2, -0.15) is 0 Å². The van der Waals surface area contributed by atoms with Gasteiger partial charge in [0, 0.05) is 11.3 Å². The van der Waals surface area contributed by atoms with Gasteiger partial charge in [0.2, 0.25) is 0 Å². The van der Waals surface area contributed by atoms with E-state index in [1.165, 1.54) is 0 Å². The smallest absolute Gasteiger partial charge is 0.336 e. The molecule has 0 radical (unpaired) electrons. The molecule has 1 unspecified atom stereocenters. The van der Waals surface area contributed by atoms with Crippen molar-refractivity contribution < 1.29 is 4.42 Å². The molecule has 0 saturated heterocycles. The second kappa shape index (κ2) is 2.87. The fourth-order valence-corrected chi connectivity index (χ4v) is 1.66. The van der Waals surface area contributed by atoms with Crippen LogP contribution in [0.4, 0.5) is 0 Å². The first-order valence-electron chi connectivity index (χ1n) is 4.49. The van der Waals surface area contributed by atoms with E-state index in [1.54, 1.807) is 6.07 Å². The van der Waals surface area contributed by atoms with Crippen LogP contribution in [0.1, 0.15) is 18.9 Å². The van der Waals surface area contributed by atoms with Gasteiger partial charge in [-0.3, -0.25) is 0 Å². The van der Waals surface area contributed by atoms with Crippen molar-refractivity contribution in [2.24, 2.45) is 5.92 Å². The average molecular weight is 176 g/mol. The summed E-state index contributed by atoms with van der Waals surface area (Å²) in [5.41, 5.74) is 1.49. The summed E-state index contributed by atoms with van der Waals surface area (Å²) in [5.74, 6) is 0.470. The first-order chi connectivity index (χ1) is 6.16. The molecular weight excluding hydrogens is 164 g/mol. The van der Waals surface area contributed by atoms with Gasteiger partial charge in [0.05, 0.1) is 0 Å². The lowest BCUT2D eigenvalue weighted by atomic mass is 10.0. The summed E-state index contributed by atoms with van der Waals surface area (Å²) in [6.45, 7) is 4.05. The molecule has 0 N–H and O–H groups in total. The van der Waals surface area contributed by atoms with E-state index < -0.39 is 0 Å². The van der Waals surface area contributed by atoms with E-state index in [-0.39, 0.29) is 5.63 Å². The summed E-state index contributed by atoms with van der Waals surface area (Å²) in [6, 6.07) is 1.54. The predicted octanol–water partition coefficient (Wildman–Crippen LogP) is 0.549. The zero-order valence-electron chi connectivity index (χ0n) is 7.83.